The lowest BCUT2D eigenvalue weighted by Crippen LogP contribution is -2.31. The lowest BCUT2D eigenvalue weighted by Gasteiger charge is -2.28. The van der Waals surface area contributed by atoms with Crippen LogP contribution in [0.5, 0.6) is 5.75 Å². The van der Waals surface area contributed by atoms with Gasteiger partial charge in [-0.1, -0.05) is 19.1 Å². The van der Waals surface area contributed by atoms with Crippen molar-refractivity contribution in [1.82, 2.24) is 5.32 Å². The molecule has 16 heavy (non-hydrogen) atoms. The summed E-state index contributed by atoms with van der Waals surface area (Å²) in [5, 5.41) is 13.3. The second-order valence-electron chi connectivity index (χ2n) is 5.15. The Kier molecular flexibility index (Phi) is 3.20. The zero-order valence-electron chi connectivity index (χ0n) is 10.4. The van der Waals surface area contributed by atoms with Gasteiger partial charge in [0.05, 0.1) is 0 Å². The van der Waals surface area contributed by atoms with Crippen molar-refractivity contribution in [3.8, 4) is 5.75 Å². The lowest BCUT2D eigenvalue weighted by molar-refractivity contribution is 0.332. The maximum atomic E-state index is 9.75. The molecule has 1 saturated heterocycles. The minimum Gasteiger partial charge on any atom is -0.507 e. The molecular weight excluding hydrogens is 198 g/mol. The molecule has 1 aromatic carbocycles. The van der Waals surface area contributed by atoms with Gasteiger partial charge in [-0.25, -0.2) is 0 Å². The van der Waals surface area contributed by atoms with Gasteiger partial charge in [-0.3, -0.25) is 0 Å². The number of phenols is 1. The van der Waals surface area contributed by atoms with E-state index in [9.17, 15) is 5.11 Å². The van der Waals surface area contributed by atoms with Gasteiger partial charge in [-0.15, -0.1) is 0 Å². The quantitative estimate of drug-likeness (QED) is 0.760. The van der Waals surface area contributed by atoms with Gasteiger partial charge in [0.2, 0.25) is 0 Å². The summed E-state index contributed by atoms with van der Waals surface area (Å²) in [7, 11) is 0. The van der Waals surface area contributed by atoms with E-state index in [0.717, 1.165) is 23.6 Å². The highest BCUT2D eigenvalue weighted by molar-refractivity contribution is 5.43. The van der Waals surface area contributed by atoms with Crippen molar-refractivity contribution < 1.29 is 5.11 Å². The largest absolute Gasteiger partial charge is 0.507 e. The van der Waals surface area contributed by atoms with Crippen LogP contribution in [-0.2, 0) is 0 Å². The van der Waals surface area contributed by atoms with Crippen molar-refractivity contribution in [3.05, 3.63) is 28.8 Å². The molecule has 2 rings (SSSR count). The van der Waals surface area contributed by atoms with Crippen LogP contribution in [0.3, 0.4) is 0 Å². The van der Waals surface area contributed by atoms with Crippen molar-refractivity contribution in [1.29, 1.82) is 0 Å². The Hall–Kier alpha value is -1.02. The third kappa shape index (κ3) is 2.22. The minimum atomic E-state index is 0.438. The highest BCUT2D eigenvalue weighted by atomic mass is 16.3. The summed E-state index contributed by atoms with van der Waals surface area (Å²) in [6, 6.07) is 4.68. The van der Waals surface area contributed by atoms with Gasteiger partial charge in [0.15, 0.2) is 0 Å². The number of aromatic hydroxyl groups is 1. The van der Waals surface area contributed by atoms with E-state index in [-0.39, 0.29) is 0 Å². The number of benzene rings is 1. The first-order valence-corrected chi connectivity index (χ1v) is 6.11. The summed E-state index contributed by atoms with van der Waals surface area (Å²) >= 11 is 0. The van der Waals surface area contributed by atoms with E-state index < -0.39 is 0 Å². The van der Waals surface area contributed by atoms with Gasteiger partial charge in [-0.05, 0) is 55.8 Å². The Bertz CT molecular complexity index is 355. The molecule has 0 spiro atoms. The molecule has 2 nitrogen and oxygen atoms in total. The molecule has 2 atom stereocenters. The molecule has 0 bridgehead atoms. The number of nitrogens with one attached hydrogen (secondary N) is 1. The third-order valence-corrected chi connectivity index (χ3v) is 3.58. The highest BCUT2D eigenvalue weighted by Crippen LogP contribution is 2.30. The summed E-state index contributed by atoms with van der Waals surface area (Å²) in [4.78, 5) is 0. The number of hydrogen-bond acceptors (Lipinski definition) is 2. The van der Waals surface area contributed by atoms with Crippen LogP contribution < -0.4 is 5.32 Å². The van der Waals surface area contributed by atoms with Crippen LogP contribution in [-0.4, -0.2) is 11.7 Å². The predicted octanol–water partition coefficient (Wildman–Crippen LogP) is 3.07. The van der Waals surface area contributed by atoms with Crippen LogP contribution in [0.25, 0.3) is 0 Å². The summed E-state index contributed by atoms with van der Waals surface area (Å²) in [5.74, 6) is 1.23. The van der Waals surface area contributed by atoms with Crippen LogP contribution in [0.2, 0.25) is 0 Å². The molecule has 2 heteroatoms. The second kappa shape index (κ2) is 4.46. The Morgan fingerprint density at radius 2 is 1.81 bits per heavy atom. The third-order valence-electron chi connectivity index (χ3n) is 3.58. The normalized spacial score (nSPS) is 25.7. The average molecular weight is 219 g/mol. The molecular formula is C14H21NO. The molecule has 1 aliphatic rings. The fourth-order valence-corrected chi connectivity index (χ4v) is 2.47. The summed E-state index contributed by atoms with van der Waals surface area (Å²) in [5.41, 5.74) is 3.28. The molecule has 0 saturated carbocycles. The van der Waals surface area contributed by atoms with Gasteiger partial charge < -0.3 is 10.4 Å². The lowest BCUT2D eigenvalue weighted by atomic mass is 9.90. The summed E-state index contributed by atoms with van der Waals surface area (Å²) in [6.45, 7) is 7.33. The summed E-state index contributed by atoms with van der Waals surface area (Å²) < 4.78 is 0. The first kappa shape index (κ1) is 11.5. The first-order valence-electron chi connectivity index (χ1n) is 6.11. The monoisotopic (exact) mass is 219 g/mol. The smallest absolute Gasteiger partial charge is 0.121 e. The van der Waals surface area contributed by atoms with Crippen molar-refractivity contribution in [2.75, 3.05) is 6.54 Å². The average Bonchev–Trinajstić information content (AvgIpc) is 2.26. The molecule has 1 fully saturated rings. The fourth-order valence-electron chi connectivity index (χ4n) is 2.47. The summed E-state index contributed by atoms with van der Waals surface area (Å²) in [6.07, 6.45) is 2.49. The zero-order valence-corrected chi connectivity index (χ0v) is 10.4. The van der Waals surface area contributed by atoms with E-state index >= 15 is 0 Å². The van der Waals surface area contributed by atoms with Crippen molar-refractivity contribution in [2.45, 2.75) is 39.7 Å². The van der Waals surface area contributed by atoms with Crippen molar-refractivity contribution in [3.63, 3.8) is 0 Å². The van der Waals surface area contributed by atoms with E-state index in [1.807, 2.05) is 13.8 Å². The Labute approximate surface area is 97.7 Å². The van der Waals surface area contributed by atoms with Crippen LogP contribution in [0.4, 0.5) is 0 Å². The topological polar surface area (TPSA) is 32.3 Å². The molecule has 0 aromatic heterocycles. The Morgan fingerprint density at radius 3 is 2.31 bits per heavy atom. The van der Waals surface area contributed by atoms with Crippen LogP contribution in [0, 0.1) is 19.8 Å². The molecule has 1 aromatic rings. The number of hydrogen-bond donors (Lipinski definition) is 2. The standard InChI is InChI=1S/C14H21NO/c1-9-4-5-13(15-8-9)12-6-10(2)14(16)11(3)7-12/h6-7,9,13,15-16H,4-5,8H2,1-3H3. The molecule has 0 aliphatic carbocycles. The Morgan fingerprint density at radius 1 is 1.19 bits per heavy atom. The molecule has 0 radical (unpaired) electrons. The van der Waals surface area contributed by atoms with E-state index in [4.69, 9.17) is 0 Å². The van der Waals surface area contributed by atoms with E-state index in [0.29, 0.717) is 11.8 Å². The Balaban J connectivity index is 2.21. The predicted molar refractivity (Wildman–Crippen MR) is 66.7 cm³/mol. The molecule has 1 aliphatic heterocycles. The van der Waals surface area contributed by atoms with Crippen LogP contribution >= 0.6 is 0 Å². The van der Waals surface area contributed by atoms with E-state index in [1.165, 1.54) is 18.4 Å². The second-order valence-corrected chi connectivity index (χ2v) is 5.15. The molecule has 2 unspecified atom stereocenters. The van der Waals surface area contributed by atoms with Crippen LogP contribution in [0.1, 0.15) is 42.5 Å². The van der Waals surface area contributed by atoms with E-state index in [1.54, 1.807) is 0 Å². The molecule has 2 N–H and O–H groups in total. The number of phenolic OH excluding ortho intramolecular Hbond substituents is 1. The molecule has 0 amide bonds. The van der Waals surface area contributed by atoms with Crippen LogP contribution in [0.15, 0.2) is 12.1 Å². The zero-order chi connectivity index (χ0) is 11.7. The minimum absolute atomic E-state index is 0.438. The van der Waals surface area contributed by atoms with Gasteiger partial charge in [0.1, 0.15) is 5.75 Å². The van der Waals surface area contributed by atoms with Crippen molar-refractivity contribution >= 4 is 0 Å². The maximum absolute atomic E-state index is 9.75. The SMILES string of the molecule is Cc1cc(C2CCC(C)CN2)cc(C)c1O. The number of piperidine rings is 1. The number of rotatable bonds is 1. The van der Waals surface area contributed by atoms with Gasteiger partial charge >= 0.3 is 0 Å². The van der Waals surface area contributed by atoms with Gasteiger partial charge in [0, 0.05) is 6.04 Å². The molecule has 1 heterocycles. The highest BCUT2D eigenvalue weighted by Gasteiger charge is 2.19. The molecule has 88 valence electrons. The van der Waals surface area contributed by atoms with Crippen molar-refractivity contribution in [2.24, 2.45) is 5.92 Å². The van der Waals surface area contributed by atoms with E-state index in [2.05, 4.69) is 24.4 Å². The fraction of sp³-hybridized carbons (Fsp3) is 0.571. The first-order chi connectivity index (χ1) is 7.58. The number of aryl methyl sites for hydroxylation is 2. The van der Waals surface area contributed by atoms with Gasteiger partial charge in [-0.2, -0.15) is 0 Å². The maximum Gasteiger partial charge on any atom is 0.121 e. The van der Waals surface area contributed by atoms with Gasteiger partial charge in [0.25, 0.3) is 0 Å².